The molecule has 5 heteroatoms. The normalized spacial score (nSPS) is 16.0. The van der Waals surface area contributed by atoms with Crippen LogP contribution in [0.5, 0.6) is 0 Å². The molecule has 1 aliphatic rings. The van der Waals surface area contributed by atoms with Crippen molar-refractivity contribution >= 4 is 22.5 Å². The highest BCUT2D eigenvalue weighted by Gasteiger charge is 2.36. The van der Waals surface area contributed by atoms with Crippen molar-refractivity contribution in [2.45, 2.75) is 31.8 Å². The van der Waals surface area contributed by atoms with Crippen LogP contribution < -0.4 is 0 Å². The minimum atomic E-state index is -0.944. The molecule has 5 nitrogen and oxygen atoms in total. The van der Waals surface area contributed by atoms with Gasteiger partial charge < -0.3 is 10.0 Å². The van der Waals surface area contributed by atoms with Gasteiger partial charge in [-0.3, -0.25) is 14.6 Å². The van der Waals surface area contributed by atoms with Crippen molar-refractivity contribution in [1.82, 2.24) is 9.88 Å². The van der Waals surface area contributed by atoms with Crippen molar-refractivity contribution in [2.24, 2.45) is 0 Å². The Kier molecular flexibility index (Phi) is 5.16. The van der Waals surface area contributed by atoms with Gasteiger partial charge in [0.05, 0.1) is 12.0 Å². The zero-order valence-corrected chi connectivity index (χ0v) is 16.5. The number of aromatic nitrogens is 1. The van der Waals surface area contributed by atoms with Crippen molar-refractivity contribution in [3.8, 4) is 0 Å². The van der Waals surface area contributed by atoms with Crippen LogP contribution in [0, 0.1) is 0 Å². The Bertz CT molecular complexity index is 1050. The lowest BCUT2D eigenvalue weighted by Gasteiger charge is -2.39. The highest BCUT2D eigenvalue weighted by Crippen LogP contribution is 2.36. The maximum atomic E-state index is 12.7. The molecule has 1 saturated heterocycles. The fraction of sp³-hybridized carbons (Fsp3) is 0.292. The summed E-state index contributed by atoms with van der Waals surface area (Å²) >= 11 is 0. The first-order chi connectivity index (χ1) is 14.0. The Labute approximate surface area is 170 Å². The zero-order chi connectivity index (χ0) is 20.4. The number of hydrogen-bond donors (Lipinski definition) is 1. The van der Waals surface area contributed by atoms with Gasteiger partial charge in [0.2, 0.25) is 5.91 Å². The standard InChI is InChI=1S/C24H24N2O3/c1-17(27)19-7-5-18(6-8-19)15-23(28)26-13-10-24(29,11-14-26)22-4-2-3-20-16-25-12-9-21(20)22/h2-9,12,16,29H,10-11,13-15H2,1H3. The van der Waals surface area contributed by atoms with E-state index in [0.29, 0.717) is 37.9 Å². The average molecular weight is 388 g/mol. The van der Waals surface area contributed by atoms with Gasteiger partial charge in [0.15, 0.2) is 5.78 Å². The Morgan fingerprint density at radius 3 is 2.48 bits per heavy atom. The number of amides is 1. The second kappa shape index (κ2) is 7.76. The van der Waals surface area contributed by atoms with E-state index < -0.39 is 5.60 Å². The number of rotatable bonds is 4. The summed E-state index contributed by atoms with van der Waals surface area (Å²) in [6.45, 7) is 2.56. The molecule has 2 aromatic carbocycles. The van der Waals surface area contributed by atoms with Crippen molar-refractivity contribution in [3.63, 3.8) is 0 Å². The van der Waals surface area contributed by atoms with E-state index in [4.69, 9.17) is 0 Å². The molecule has 3 aromatic rings. The van der Waals surface area contributed by atoms with E-state index in [1.54, 1.807) is 24.5 Å². The monoisotopic (exact) mass is 388 g/mol. The third-order valence-corrected chi connectivity index (χ3v) is 5.84. The Morgan fingerprint density at radius 1 is 1.07 bits per heavy atom. The van der Waals surface area contributed by atoms with Crippen LogP contribution in [0.2, 0.25) is 0 Å². The highest BCUT2D eigenvalue weighted by molar-refractivity contribution is 5.94. The average Bonchev–Trinajstić information content (AvgIpc) is 2.74. The Hall–Kier alpha value is -3.05. The number of carbonyl (C=O) groups excluding carboxylic acids is 2. The fourth-order valence-electron chi connectivity index (χ4n) is 4.07. The molecule has 0 saturated carbocycles. The highest BCUT2D eigenvalue weighted by atomic mass is 16.3. The number of Topliss-reactive ketones (excluding diaryl/α,β-unsaturated/α-hetero) is 1. The van der Waals surface area contributed by atoms with E-state index >= 15 is 0 Å². The molecule has 0 atom stereocenters. The lowest BCUT2D eigenvalue weighted by atomic mass is 9.82. The first kappa shape index (κ1) is 19.3. The first-order valence-corrected chi connectivity index (χ1v) is 9.89. The van der Waals surface area contributed by atoms with Crippen molar-refractivity contribution < 1.29 is 14.7 Å². The van der Waals surface area contributed by atoms with Crippen molar-refractivity contribution in [2.75, 3.05) is 13.1 Å². The van der Waals surface area contributed by atoms with E-state index in [0.717, 1.165) is 21.9 Å². The van der Waals surface area contributed by atoms with E-state index in [1.807, 2.05) is 41.3 Å². The lowest BCUT2D eigenvalue weighted by molar-refractivity contribution is -0.135. The minimum Gasteiger partial charge on any atom is -0.385 e. The largest absolute Gasteiger partial charge is 0.385 e. The quantitative estimate of drug-likeness (QED) is 0.695. The Balaban J connectivity index is 1.44. The minimum absolute atomic E-state index is 0.0161. The summed E-state index contributed by atoms with van der Waals surface area (Å²) in [5.41, 5.74) is 1.50. The van der Waals surface area contributed by atoms with Gasteiger partial charge in [-0.15, -0.1) is 0 Å². The maximum Gasteiger partial charge on any atom is 0.226 e. The van der Waals surface area contributed by atoms with Crippen molar-refractivity contribution in [3.05, 3.63) is 77.6 Å². The number of likely N-dealkylation sites (tertiary alicyclic amines) is 1. The molecule has 1 fully saturated rings. The molecular formula is C24H24N2O3. The van der Waals surface area contributed by atoms with Gasteiger partial charge in [-0.1, -0.05) is 42.5 Å². The topological polar surface area (TPSA) is 70.5 Å². The number of benzene rings is 2. The Morgan fingerprint density at radius 2 is 1.79 bits per heavy atom. The number of aliphatic hydroxyl groups is 1. The molecule has 0 unspecified atom stereocenters. The summed E-state index contributed by atoms with van der Waals surface area (Å²) in [7, 11) is 0. The molecule has 148 valence electrons. The molecule has 1 amide bonds. The number of fused-ring (bicyclic) bond motifs is 1. The van der Waals surface area contributed by atoms with Gasteiger partial charge in [-0.05, 0) is 42.3 Å². The van der Waals surface area contributed by atoms with E-state index in [-0.39, 0.29) is 11.7 Å². The summed E-state index contributed by atoms with van der Waals surface area (Å²) in [6, 6.07) is 15.0. The number of nitrogens with zero attached hydrogens (tertiary/aromatic N) is 2. The van der Waals surface area contributed by atoms with E-state index in [2.05, 4.69) is 4.98 Å². The predicted octanol–water partition coefficient (Wildman–Crippen LogP) is 3.49. The predicted molar refractivity (Wildman–Crippen MR) is 112 cm³/mol. The van der Waals surface area contributed by atoms with Crippen LogP contribution in [0.25, 0.3) is 10.8 Å². The number of carbonyl (C=O) groups is 2. The van der Waals surface area contributed by atoms with Crippen LogP contribution in [0.3, 0.4) is 0 Å². The summed E-state index contributed by atoms with van der Waals surface area (Å²) in [4.78, 5) is 30.1. The summed E-state index contributed by atoms with van der Waals surface area (Å²) in [5, 5.41) is 13.3. The molecule has 0 radical (unpaired) electrons. The summed E-state index contributed by atoms with van der Waals surface area (Å²) in [6.07, 6.45) is 4.85. The van der Waals surface area contributed by atoms with Gasteiger partial charge >= 0.3 is 0 Å². The second-order valence-corrected chi connectivity index (χ2v) is 7.74. The number of pyridine rings is 1. The van der Waals surface area contributed by atoms with Crippen LogP contribution in [-0.4, -0.2) is 39.8 Å². The van der Waals surface area contributed by atoms with E-state index in [1.165, 1.54) is 6.92 Å². The molecule has 1 N–H and O–H groups in total. The lowest BCUT2D eigenvalue weighted by Crippen LogP contribution is -2.45. The summed E-state index contributed by atoms with van der Waals surface area (Å²) < 4.78 is 0. The first-order valence-electron chi connectivity index (χ1n) is 9.89. The van der Waals surface area contributed by atoms with Gasteiger partial charge in [-0.25, -0.2) is 0 Å². The van der Waals surface area contributed by atoms with Crippen LogP contribution in [0.4, 0.5) is 0 Å². The maximum absolute atomic E-state index is 12.7. The second-order valence-electron chi connectivity index (χ2n) is 7.74. The van der Waals surface area contributed by atoms with E-state index in [9.17, 15) is 14.7 Å². The van der Waals surface area contributed by atoms with Gasteiger partial charge in [0.25, 0.3) is 0 Å². The van der Waals surface area contributed by atoms with Gasteiger partial charge in [0, 0.05) is 36.4 Å². The van der Waals surface area contributed by atoms with Crippen LogP contribution in [0.15, 0.2) is 60.9 Å². The SMILES string of the molecule is CC(=O)c1ccc(CC(=O)N2CCC(O)(c3cccc4cnccc34)CC2)cc1. The smallest absolute Gasteiger partial charge is 0.226 e. The molecule has 0 aliphatic carbocycles. The molecule has 0 bridgehead atoms. The van der Waals surface area contributed by atoms with Gasteiger partial charge in [-0.2, -0.15) is 0 Å². The molecule has 1 aliphatic heterocycles. The third kappa shape index (κ3) is 3.91. The number of piperidine rings is 1. The zero-order valence-electron chi connectivity index (χ0n) is 16.5. The van der Waals surface area contributed by atoms with Crippen LogP contribution >= 0.6 is 0 Å². The van der Waals surface area contributed by atoms with Gasteiger partial charge in [0.1, 0.15) is 0 Å². The molecule has 0 spiro atoms. The van der Waals surface area contributed by atoms with Crippen molar-refractivity contribution in [1.29, 1.82) is 0 Å². The van der Waals surface area contributed by atoms with Crippen LogP contribution in [-0.2, 0) is 16.8 Å². The summed E-state index contributed by atoms with van der Waals surface area (Å²) in [5.74, 6) is 0.0622. The molecular weight excluding hydrogens is 364 g/mol. The number of hydrogen-bond acceptors (Lipinski definition) is 4. The third-order valence-electron chi connectivity index (χ3n) is 5.84. The van der Waals surface area contributed by atoms with Crippen LogP contribution in [0.1, 0.15) is 41.3 Å². The molecule has 29 heavy (non-hydrogen) atoms. The number of ketones is 1. The molecule has 1 aromatic heterocycles. The fourth-order valence-corrected chi connectivity index (χ4v) is 4.07. The molecule has 4 rings (SSSR count). The molecule has 2 heterocycles.